The Hall–Kier alpha value is -4.38. The van der Waals surface area contributed by atoms with Crippen LogP contribution in [0, 0.1) is 13.8 Å². The maximum absolute atomic E-state index is 6.37. The molecule has 33 heavy (non-hydrogen) atoms. The van der Waals surface area contributed by atoms with E-state index in [1.165, 1.54) is 0 Å². The fraction of sp³-hybridized carbons (Fsp3) is 0.0714. The van der Waals surface area contributed by atoms with Crippen LogP contribution in [0.4, 0.5) is 0 Å². The van der Waals surface area contributed by atoms with E-state index in [0.29, 0.717) is 0 Å². The van der Waals surface area contributed by atoms with Gasteiger partial charge in [-0.15, -0.1) is 0 Å². The number of rotatable bonds is 4. The van der Waals surface area contributed by atoms with Crippen LogP contribution in [-0.4, -0.2) is 14.8 Å². The minimum Gasteiger partial charge on any atom is -0.457 e. The minimum absolute atomic E-state index is 0.722. The Labute approximate surface area is 190 Å². The van der Waals surface area contributed by atoms with E-state index in [4.69, 9.17) is 9.15 Å². The van der Waals surface area contributed by atoms with Gasteiger partial charge in [-0.3, -0.25) is 4.98 Å². The van der Waals surface area contributed by atoms with Gasteiger partial charge in [0.2, 0.25) is 0 Å². The summed E-state index contributed by atoms with van der Waals surface area (Å²) in [5, 5.41) is 6.64. The molecule has 0 unspecified atom stereocenters. The van der Waals surface area contributed by atoms with Crippen molar-refractivity contribution < 1.29 is 9.15 Å². The second-order valence-corrected chi connectivity index (χ2v) is 8.10. The molecule has 0 aliphatic heterocycles. The van der Waals surface area contributed by atoms with Crippen LogP contribution in [0.2, 0.25) is 0 Å². The summed E-state index contributed by atoms with van der Waals surface area (Å²) in [5.41, 5.74) is 6.40. The van der Waals surface area contributed by atoms with Gasteiger partial charge in [0.25, 0.3) is 0 Å². The first-order chi connectivity index (χ1) is 16.2. The molecule has 5 heteroatoms. The molecule has 0 aliphatic carbocycles. The zero-order valence-electron chi connectivity index (χ0n) is 18.3. The van der Waals surface area contributed by atoms with Gasteiger partial charge in [-0.05, 0) is 62.4 Å². The fourth-order valence-electron chi connectivity index (χ4n) is 4.28. The highest BCUT2D eigenvalue weighted by Gasteiger charge is 2.16. The molecule has 0 aliphatic rings. The SMILES string of the molecule is Cc1cc(C)n(-c2cccc(Oc3cc(-c4ccccn4)c4oc5ccccc5c4c3)c2)n1. The third-order valence-electron chi connectivity index (χ3n) is 5.70. The molecule has 0 bridgehead atoms. The van der Waals surface area contributed by atoms with Crippen molar-refractivity contribution in [1.29, 1.82) is 0 Å². The second-order valence-electron chi connectivity index (χ2n) is 8.10. The summed E-state index contributed by atoms with van der Waals surface area (Å²) in [5.74, 6) is 1.46. The normalized spacial score (nSPS) is 11.3. The number of fused-ring (bicyclic) bond motifs is 3. The molecular weight excluding hydrogens is 410 g/mol. The van der Waals surface area contributed by atoms with Crippen LogP contribution >= 0.6 is 0 Å². The number of ether oxygens (including phenoxy) is 1. The molecule has 0 radical (unpaired) electrons. The first-order valence-electron chi connectivity index (χ1n) is 10.8. The topological polar surface area (TPSA) is 53.1 Å². The summed E-state index contributed by atoms with van der Waals surface area (Å²) in [4.78, 5) is 4.56. The lowest BCUT2D eigenvalue weighted by molar-refractivity contribution is 0.483. The van der Waals surface area contributed by atoms with E-state index in [1.807, 2.05) is 91.3 Å². The first kappa shape index (κ1) is 19.3. The van der Waals surface area contributed by atoms with Gasteiger partial charge in [0.1, 0.15) is 22.7 Å². The lowest BCUT2D eigenvalue weighted by Gasteiger charge is -2.11. The van der Waals surface area contributed by atoms with Gasteiger partial charge in [0, 0.05) is 34.3 Å². The largest absolute Gasteiger partial charge is 0.457 e. The molecule has 0 N–H and O–H groups in total. The van der Waals surface area contributed by atoms with Crippen molar-refractivity contribution in [2.24, 2.45) is 0 Å². The summed E-state index contributed by atoms with van der Waals surface area (Å²) >= 11 is 0. The van der Waals surface area contributed by atoms with Gasteiger partial charge in [-0.1, -0.05) is 30.3 Å². The van der Waals surface area contributed by atoms with Crippen molar-refractivity contribution in [2.45, 2.75) is 13.8 Å². The van der Waals surface area contributed by atoms with Crippen LogP contribution < -0.4 is 4.74 Å². The van der Waals surface area contributed by atoms with Crippen molar-refractivity contribution in [2.75, 3.05) is 0 Å². The minimum atomic E-state index is 0.722. The van der Waals surface area contributed by atoms with E-state index < -0.39 is 0 Å². The van der Waals surface area contributed by atoms with Crippen LogP contribution in [0.3, 0.4) is 0 Å². The van der Waals surface area contributed by atoms with Crippen LogP contribution in [0.5, 0.6) is 11.5 Å². The summed E-state index contributed by atoms with van der Waals surface area (Å²) in [7, 11) is 0. The number of benzene rings is 3. The average Bonchev–Trinajstić information content (AvgIpc) is 3.38. The highest BCUT2D eigenvalue weighted by atomic mass is 16.5. The van der Waals surface area contributed by atoms with Gasteiger partial charge in [-0.2, -0.15) is 5.10 Å². The molecule has 6 aromatic rings. The Morgan fingerprint density at radius 2 is 1.67 bits per heavy atom. The molecule has 3 heterocycles. The zero-order chi connectivity index (χ0) is 22.4. The van der Waals surface area contributed by atoms with Crippen molar-refractivity contribution in [3.8, 4) is 28.4 Å². The van der Waals surface area contributed by atoms with Gasteiger partial charge in [0.05, 0.1) is 17.1 Å². The molecule has 3 aromatic heterocycles. The van der Waals surface area contributed by atoms with Gasteiger partial charge >= 0.3 is 0 Å². The number of pyridine rings is 1. The maximum Gasteiger partial charge on any atom is 0.145 e. The van der Waals surface area contributed by atoms with E-state index >= 15 is 0 Å². The van der Waals surface area contributed by atoms with Crippen molar-refractivity contribution in [3.63, 3.8) is 0 Å². The lowest BCUT2D eigenvalue weighted by Crippen LogP contribution is -1.99. The molecule has 0 spiro atoms. The van der Waals surface area contributed by atoms with Crippen LogP contribution in [0.1, 0.15) is 11.4 Å². The van der Waals surface area contributed by atoms with Crippen LogP contribution in [0.15, 0.2) is 95.5 Å². The standard InChI is InChI=1S/C28H21N3O2/c1-18-14-19(2)31(30-18)20-8-7-9-21(15-20)32-22-16-24-23-10-3-4-12-27(23)33-28(24)25(17-22)26-11-5-6-13-29-26/h3-17H,1-2H3. The summed E-state index contributed by atoms with van der Waals surface area (Å²) in [6.45, 7) is 4.04. The lowest BCUT2D eigenvalue weighted by atomic mass is 10.1. The van der Waals surface area contributed by atoms with Crippen molar-refractivity contribution in [1.82, 2.24) is 14.8 Å². The first-order valence-corrected chi connectivity index (χ1v) is 10.8. The number of para-hydroxylation sites is 1. The molecule has 3 aromatic carbocycles. The molecule has 0 amide bonds. The molecular formula is C28H21N3O2. The molecule has 160 valence electrons. The molecule has 6 rings (SSSR count). The van der Waals surface area contributed by atoms with E-state index in [2.05, 4.69) is 22.2 Å². The van der Waals surface area contributed by atoms with E-state index in [9.17, 15) is 0 Å². The Bertz CT molecular complexity index is 1610. The number of aromatic nitrogens is 3. The Kier molecular flexibility index (Phi) is 4.47. The fourth-order valence-corrected chi connectivity index (χ4v) is 4.28. The highest BCUT2D eigenvalue weighted by molar-refractivity contribution is 6.10. The predicted molar refractivity (Wildman–Crippen MR) is 130 cm³/mol. The summed E-state index contributed by atoms with van der Waals surface area (Å²) < 4.78 is 14.5. The predicted octanol–water partition coefficient (Wildman–Crippen LogP) is 7.24. The Balaban J connectivity index is 1.49. The van der Waals surface area contributed by atoms with Gasteiger partial charge in [0.15, 0.2) is 0 Å². The van der Waals surface area contributed by atoms with Gasteiger partial charge < -0.3 is 9.15 Å². The number of hydrogen-bond donors (Lipinski definition) is 0. The highest BCUT2D eigenvalue weighted by Crippen LogP contribution is 2.39. The van der Waals surface area contributed by atoms with Crippen molar-refractivity contribution in [3.05, 3.63) is 103 Å². The number of aryl methyl sites for hydroxylation is 2. The zero-order valence-corrected chi connectivity index (χ0v) is 18.3. The Morgan fingerprint density at radius 1 is 0.788 bits per heavy atom. The smallest absolute Gasteiger partial charge is 0.145 e. The molecule has 0 saturated heterocycles. The van der Waals surface area contributed by atoms with Crippen molar-refractivity contribution >= 4 is 21.9 Å². The summed E-state index contributed by atoms with van der Waals surface area (Å²) in [6.07, 6.45) is 1.79. The Morgan fingerprint density at radius 3 is 2.48 bits per heavy atom. The molecule has 5 nitrogen and oxygen atoms in total. The summed E-state index contributed by atoms with van der Waals surface area (Å²) in [6, 6.07) is 27.9. The monoisotopic (exact) mass is 431 g/mol. The van der Waals surface area contributed by atoms with Crippen LogP contribution in [-0.2, 0) is 0 Å². The third kappa shape index (κ3) is 3.44. The molecule has 0 atom stereocenters. The molecule has 0 saturated carbocycles. The molecule has 0 fully saturated rings. The van der Waals surface area contributed by atoms with E-state index in [-0.39, 0.29) is 0 Å². The number of hydrogen-bond acceptors (Lipinski definition) is 4. The second kappa shape index (κ2) is 7.64. The van der Waals surface area contributed by atoms with E-state index in [1.54, 1.807) is 6.20 Å². The quantitative estimate of drug-likeness (QED) is 0.295. The number of furan rings is 1. The van der Waals surface area contributed by atoms with Gasteiger partial charge in [-0.25, -0.2) is 4.68 Å². The maximum atomic E-state index is 6.37. The average molecular weight is 431 g/mol. The number of nitrogens with zero attached hydrogens (tertiary/aromatic N) is 3. The van der Waals surface area contributed by atoms with E-state index in [0.717, 1.165) is 61.8 Å². The van der Waals surface area contributed by atoms with Crippen LogP contribution in [0.25, 0.3) is 38.9 Å². The third-order valence-corrected chi connectivity index (χ3v) is 5.70.